The van der Waals surface area contributed by atoms with E-state index in [2.05, 4.69) is 20.6 Å². The average Bonchev–Trinajstić information content (AvgIpc) is 3.40. The lowest BCUT2D eigenvalue weighted by Gasteiger charge is -2.39. The van der Waals surface area contributed by atoms with Crippen LogP contribution in [0.25, 0.3) is 11.4 Å². The van der Waals surface area contributed by atoms with Gasteiger partial charge in [-0.3, -0.25) is 4.79 Å². The molecule has 0 unspecified atom stereocenters. The largest absolute Gasteiger partial charge is 0.481 e. The smallest absolute Gasteiger partial charge is 0.303 e. The van der Waals surface area contributed by atoms with Crippen molar-refractivity contribution in [3.05, 3.63) is 35.4 Å². The number of aliphatic carboxylic acids is 1. The van der Waals surface area contributed by atoms with Crippen molar-refractivity contribution in [3.63, 3.8) is 0 Å². The summed E-state index contributed by atoms with van der Waals surface area (Å²) in [6.45, 7) is 2.14. The molecule has 4 heterocycles. The summed E-state index contributed by atoms with van der Waals surface area (Å²) in [6.07, 6.45) is 5.22. The second kappa shape index (κ2) is 9.55. The number of piperidine rings is 1. The van der Waals surface area contributed by atoms with Crippen LogP contribution in [0.2, 0.25) is 0 Å². The van der Waals surface area contributed by atoms with E-state index in [9.17, 15) is 13.6 Å². The zero-order valence-electron chi connectivity index (χ0n) is 20.4. The second-order valence-corrected chi connectivity index (χ2v) is 9.98. The minimum absolute atomic E-state index is 0.252. The van der Waals surface area contributed by atoms with Gasteiger partial charge in [0.05, 0.1) is 48.0 Å². The molecule has 0 aromatic carbocycles. The molecule has 0 spiro atoms. The molecule has 3 aromatic heterocycles. The molecule has 0 radical (unpaired) electrons. The number of pyridine rings is 1. The fourth-order valence-corrected chi connectivity index (χ4v) is 4.98. The van der Waals surface area contributed by atoms with Gasteiger partial charge in [-0.05, 0) is 49.7 Å². The lowest BCUT2D eigenvalue weighted by Crippen LogP contribution is -2.48. The van der Waals surface area contributed by atoms with Crippen LogP contribution in [0.5, 0.6) is 0 Å². The first kappa shape index (κ1) is 24.3. The van der Waals surface area contributed by atoms with Gasteiger partial charge in [0.25, 0.3) is 5.92 Å². The molecule has 2 fully saturated rings. The van der Waals surface area contributed by atoms with Crippen molar-refractivity contribution in [2.75, 3.05) is 18.0 Å². The maximum atomic E-state index is 14.5. The Morgan fingerprint density at radius 1 is 1.19 bits per heavy atom. The fraction of sp³-hybridized carbons (Fsp3) is 0.583. The normalized spacial score (nSPS) is 19.6. The molecule has 12 heteroatoms. The third-order valence-electron chi connectivity index (χ3n) is 6.86. The molecule has 192 valence electrons. The van der Waals surface area contributed by atoms with Crippen LogP contribution in [-0.4, -0.2) is 65.1 Å². The van der Waals surface area contributed by atoms with E-state index in [1.54, 1.807) is 33.4 Å². The summed E-state index contributed by atoms with van der Waals surface area (Å²) in [5, 5.41) is 26.2. The molecule has 36 heavy (non-hydrogen) atoms. The highest BCUT2D eigenvalue weighted by molar-refractivity contribution is 5.67. The number of hydrogen-bond acceptors (Lipinski definition) is 7. The number of halogens is 2. The summed E-state index contributed by atoms with van der Waals surface area (Å²) < 4.78 is 32.4. The van der Waals surface area contributed by atoms with E-state index in [4.69, 9.17) is 10.1 Å². The van der Waals surface area contributed by atoms with E-state index >= 15 is 0 Å². The van der Waals surface area contributed by atoms with E-state index in [-0.39, 0.29) is 13.0 Å². The third kappa shape index (κ3) is 5.36. The molecule has 0 bridgehead atoms. The van der Waals surface area contributed by atoms with Gasteiger partial charge in [-0.2, -0.15) is 0 Å². The van der Waals surface area contributed by atoms with Gasteiger partial charge in [0.15, 0.2) is 0 Å². The Balaban J connectivity index is 1.40. The molecule has 1 saturated heterocycles. The minimum atomic E-state index is -2.96. The monoisotopic (exact) mass is 500 g/mol. The van der Waals surface area contributed by atoms with Crippen LogP contribution in [0.1, 0.15) is 49.7 Å². The lowest BCUT2D eigenvalue weighted by molar-refractivity contribution is -0.139. The number of carboxylic acid groups (broad SMARTS) is 1. The van der Waals surface area contributed by atoms with E-state index in [0.29, 0.717) is 35.7 Å². The number of anilines is 1. The highest BCUT2D eigenvalue weighted by Crippen LogP contribution is 2.36. The van der Waals surface area contributed by atoms with Crippen molar-refractivity contribution >= 4 is 11.7 Å². The van der Waals surface area contributed by atoms with Gasteiger partial charge in [0, 0.05) is 26.2 Å². The number of aromatic nitrogens is 7. The molecule has 5 rings (SSSR count). The van der Waals surface area contributed by atoms with Crippen molar-refractivity contribution in [1.29, 1.82) is 0 Å². The van der Waals surface area contributed by atoms with Gasteiger partial charge in [0.2, 0.25) is 0 Å². The molecule has 10 nitrogen and oxygen atoms in total. The number of aryl methyl sites for hydroxylation is 2. The van der Waals surface area contributed by atoms with E-state index < -0.39 is 30.8 Å². The van der Waals surface area contributed by atoms with Crippen molar-refractivity contribution in [2.24, 2.45) is 18.9 Å². The Kier molecular flexibility index (Phi) is 6.44. The number of alkyl halides is 2. The van der Waals surface area contributed by atoms with Crippen molar-refractivity contribution in [2.45, 2.75) is 57.9 Å². The molecule has 2 aliphatic rings. The van der Waals surface area contributed by atoms with E-state index in [1.165, 1.54) is 12.8 Å². The molecular weight excluding hydrogens is 470 g/mol. The first-order chi connectivity index (χ1) is 17.2. The Labute approximate surface area is 207 Å². The van der Waals surface area contributed by atoms with Gasteiger partial charge in [-0.25, -0.2) is 23.1 Å². The summed E-state index contributed by atoms with van der Waals surface area (Å²) in [5.41, 5.74) is 4.25. The van der Waals surface area contributed by atoms with Crippen LogP contribution < -0.4 is 4.90 Å². The van der Waals surface area contributed by atoms with Crippen molar-refractivity contribution in [1.82, 2.24) is 35.0 Å². The number of hydrogen-bond donors (Lipinski definition) is 1. The highest BCUT2D eigenvalue weighted by atomic mass is 19.3. The average molecular weight is 501 g/mol. The maximum Gasteiger partial charge on any atom is 0.303 e. The summed E-state index contributed by atoms with van der Waals surface area (Å²) in [5.74, 6) is -3.94. The Bertz CT molecular complexity index is 1250. The molecule has 3 aromatic rings. The van der Waals surface area contributed by atoms with E-state index in [1.807, 2.05) is 13.1 Å². The van der Waals surface area contributed by atoms with Crippen molar-refractivity contribution in [3.8, 4) is 11.4 Å². The number of nitrogens with zero attached hydrogens (tertiary/aromatic N) is 8. The molecule has 1 aliphatic heterocycles. The van der Waals surface area contributed by atoms with Crippen LogP contribution in [-0.2, 0) is 31.2 Å². The molecule has 1 aliphatic carbocycles. The molecule has 1 N–H and O–H groups in total. The molecule has 1 atom stereocenters. The summed E-state index contributed by atoms with van der Waals surface area (Å²) in [6, 6.07) is 3.54. The number of rotatable bonds is 9. The van der Waals surface area contributed by atoms with Gasteiger partial charge in [-0.1, -0.05) is 17.4 Å². The van der Waals surface area contributed by atoms with Gasteiger partial charge < -0.3 is 10.0 Å². The van der Waals surface area contributed by atoms with Crippen LogP contribution in [0, 0.1) is 11.8 Å². The standard InChI is InChI=1S/C24H30F2N8O2/c1-3-18-20(33-11-16(9-22(35)36)10-24(25,26)14-33)7-6-19(27-18)23-21(32(2)30-29-23)13-34-12-17(28-31-34)8-15-4-5-15/h6-7,12,15-16H,3-5,8-11,13-14H2,1-2H3,(H,35,36)/t16-/m0/s1. The first-order valence-corrected chi connectivity index (χ1v) is 12.3. The molecule has 0 amide bonds. The fourth-order valence-electron chi connectivity index (χ4n) is 4.98. The van der Waals surface area contributed by atoms with Gasteiger partial charge >= 0.3 is 5.97 Å². The van der Waals surface area contributed by atoms with Gasteiger partial charge in [0.1, 0.15) is 5.69 Å². The molecule has 1 saturated carbocycles. The number of carboxylic acids is 1. The first-order valence-electron chi connectivity index (χ1n) is 12.3. The zero-order chi connectivity index (χ0) is 25.4. The van der Waals surface area contributed by atoms with Crippen LogP contribution in [0.15, 0.2) is 18.3 Å². The third-order valence-corrected chi connectivity index (χ3v) is 6.86. The maximum absolute atomic E-state index is 14.5. The lowest BCUT2D eigenvalue weighted by atomic mass is 9.91. The number of carbonyl (C=O) groups is 1. The Morgan fingerprint density at radius 3 is 2.72 bits per heavy atom. The Hall–Kier alpha value is -3.44. The van der Waals surface area contributed by atoms with Crippen LogP contribution in [0.3, 0.4) is 0 Å². The zero-order valence-corrected chi connectivity index (χ0v) is 20.4. The predicted molar refractivity (Wildman–Crippen MR) is 127 cm³/mol. The summed E-state index contributed by atoms with van der Waals surface area (Å²) in [7, 11) is 1.81. The summed E-state index contributed by atoms with van der Waals surface area (Å²) >= 11 is 0. The topological polar surface area (TPSA) is 115 Å². The molecular formula is C24H30F2N8O2. The van der Waals surface area contributed by atoms with E-state index in [0.717, 1.165) is 23.7 Å². The Morgan fingerprint density at radius 2 is 2.00 bits per heavy atom. The minimum Gasteiger partial charge on any atom is -0.481 e. The summed E-state index contributed by atoms with van der Waals surface area (Å²) in [4.78, 5) is 17.5. The van der Waals surface area contributed by atoms with Gasteiger partial charge in [-0.15, -0.1) is 10.2 Å². The van der Waals surface area contributed by atoms with Crippen LogP contribution in [0.4, 0.5) is 14.5 Å². The SMILES string of the molecule is CCc1nc(-c2nnn(C)c2Cn2cc(CC3CC3)nn2)ccc1N1C[C@@H](CC(=O)O)CC(F)(F)C1. The van der Waals surface area contributed by atoms with Crippen LogP contribution >= 0.6 is 0 Å². The quantitative estimate of drug-likeness (QED) is 0.477. The van der Waals surface area contributed by atoms with Crippen molar-refractivity contribution < 1.29 is 18.7 Å². The second-order valence-electron chi connectivity index (χ2n) is 9.98. The predicted octanol–water partition coefficient (Wildman–Crippen LogP) is 2.97. The highest BCUT2D eigenvalue weighted by Gasteiger charge is 2.41.